The van der Waals surface area contributed by atoms with E-state index in [1.54, 1.807) is 18.2 Å². The predicted molar refractivity (Wildman–Crippen MR) is 173 cm³/mol. The molecule has 1 nitrogen and oxygen atoms in total. The van der Waals surface area contributed by atoms with Crippen molar-refractivity contribution in [3.8, 4) is 0 Å². The van der Waals surface area contributed by atoms with Crippen molar-refractivity contribution in [2.45, 2.75) is 0 Å². The van der Waals surface area contributed by atoms with E-state index in [1.807, 2.05) is 24.3 Å². The van der Waals surface area contributed by atoms with E-state index in [1.165, 1.54) is 6.07 Å². The number of hydrogen-bond donors (Lipinski definition) is 0. The van der Waals surface area contributed by atoms with Crippen LogP contribution in [-0.4, -0.2) is 0 Å². The van der Waals surface area contributed by atoms with Crippen LogP contribution in [0.2, 0.25) is 0 Å². The highest BCUT2D eigenvalue weighted by molar-refractivity contribution is 7.86. The van der Waals surface area contributed by atoms with Crippen LogP contribution in [0.5, 0.6) is 0 Å². The molecule has 0 atom stereocenters. The van der Waals surface area contributed by atoms with E-state index in [-0.39, 0.29) is 5.30 Å². The lowest BCUT2D eigenvalue weighted by atomic mass is 9.94. The first-order valence-electron chi connectivity index (χ1n) is 13.8. The van der Waals surface area contributed by atoms with Crippen LogP contribution >= 0.6 is 7.14 Å². The molecule has 0 heterocycles. The van der Waals surface area contributed by atoms with Crippen molar-refractivity contribution < 1.29 is 8.96 Å². The molecule has 0 saturated heterocycles. The largest absolute Gasteiger partial charge is 0.308 e. The van der Waals surface area contributed by atoms with Crippen LogP contribution in [0.3, 0.4) is 0 Å². The summed E-state index contributed by atoms with van der Waals surface area (Å²) in [6, 6.07) is 44.1. The first-order valence-corrected chi connectivity index (χ1v) is 15.5. The minimum atomic E-state index is -3.71. The predicted octanol–water partition coefficient (Wildman–Crippen LogP) is 9.26. The highest BCUT2D eigenvalue weighted by Gasteiger charge is 2.36. The molecule has 0 aromatic heterocycles. The first-order chi connectivity index (χ1) is 20.1. The van der Waals surface area contributed by atoms with Crippen molar-refractivity contribution in [2.75, 3.05) is 0 Å². The van der Waals surface area contributed by atoms with E-state index in [0.29, 0.717) is 10.6 Å². The molecule has 0 unspecified atom stereocenters. The van der Waals surface area contributed by atoms with Gasteiger partial charge >= 0.3 is 0 Å². The van der Waals surface area contributed by atoms with Crippen LogP contribution in [0.15, 0.2) is 133 Å². The zero-order valence-electron chi connectivity index (χ0n) is 21.9. The van der Waals surface area contributed by atoms with E-state index >= 15 is 8.96 Å². The lowest BCUT2D eigenvalue weighted by Crippen LogP contribution is -2.28. The first kappa shape index (κ1) is 23.0. The topological polar surface area (TPSA) is 17.1 Å². The number of halogens is 1. The summed E-state index contributed by atoms with van der Waals surface area (Å²) in [6.45, 7) is 0. The number of hydrogen-bond acceptors (Lipinski definition) is 1. The maximum Gasteiger partial charge on any atom is 0.175 e. The van der Waals surface area contributed by atoms with E-state index in [4.69, 9.17) is 0 Å². The van der Waals surface area contributed by atoms with Crippen LogP contribution in [0.1, 0.15) is 0 Å². The quantitative estimate of drug-likeness (QED) is 0.160. The van der Waals surface area contributed by atoms with Crippen LogP contribution in [-0.2, 0) is 4.57 Å². The maximum absolute atomic E-state index is 16.1. The highest BCUT2D eigenvalue weighted by atomic mass is 31.2. The molecule has 0 fully saturated rings. The molecule has 0 aliphatic carbocycles. The van der Waals surface area contributed by atoms with Gasteiger partial charge in [-0.15, -0.1) is 0 Å². The lowest BCUT2D eigenvalue weighted by molar-refractivity contribution is 0.589. The summed E-state index contributed by atoms with van der Waals surface area (Å²) in [5, 5.41) is 14.6. The minimum absolute atomic E-state index is 0.241. The third-order valence-corrected chi connectivity index (χ3v) is 12.1. The van der Waals surface area contributed by atoms with Crippen LogP contribution < -0.4 is 15.9 Å². The molecule has 0 N–H and O–H groups in total. The highest BCUT2D eigenvalue weighted by Crippen LogP contribution is 2.49. The molecule has 9 aromatic rings. The van der Waals surface area contributed by atoms with E-state index in [0.717, 1.165) is 64.6 Å². The molecule has 0 spiro atoms. The van der Waals surface area contributed by atoms with Gasteiger partial charge in [-0.3, -0.25) is 0 Å². The molecule has 0 aliphatic heterocycles. The monoisotopic (exact) mass is 544 g/mol. The Bertz CT molecular complexity index is 2340. The Morgan fingerprint density at radius 3 is 1.22 bits per heavy atom. The minimum Gasteiger partial charge on any atom is -0.308 e. The van der Waals surface area contributed by atoms with Crippen LogP contribution in [0.4, 0.5) is 4.39 Å². The van der Waals surface area contributed by atoms with Crippen molar-refractivity contribution in [3.05, 3.63) is 139 Å². The van der Waals surface area contributed by atoms with Crippen molar-refractivity contribution in [2.24, 2.45) is 0 Å². The van der Waals surface area contributed by atoms with Gasteiger partial charge < -0.3 is 4.57 Å². The van der Waals surface area contributed by atoms with Gasteiger partial charge in [-0.05, 0) is 88.9 Å². The van der Waals surface area contributed by atoms with Gasteiger partial charge in [0.1, 0.15) is 5.82 Å². The molecule has 3 heteroatoms. The Morgan fingerprint density at radius 2 is 0.756 bits per heavy atom. The van der Waals surface area contributed by atoms with E-state index in [2.05, 4.69) is 84.9 Å². The Balaban J connectivity index is 1.48. The van der Waals surface area contributed by atoms with Gasteiger partial charge in [0.15, 0.2) is 7.14 Å². The van der Waals surface area contributed by atoms with E-state index < -0.39 is 13.0 Å². The van der Waals surface area contributed by atoms with Gasteiger partial charge in [0, 0.05) is 10.6 Å². The second-order valence-electron chi connectivity index (χ2n) is 10.9. The fourth-order valence-electron chi connectivity index (χ4n) is 7.09. The third-order valence-electron chi connectivity index (χ3n) is 8.88. The molecule has 9 aromatic carbocycles. The Kier molecular flexibility index (Phi) is 4.56. The SMILES string of the molecule is O=P(c1ccccc1F)(c1ccc2ccc3cccc4ccc1c2c34)c1ccc2ccc3cccc4ccc1c2c34. The van der Waals surface area contributed by atoms with Gasteiger partial charge in [0.25, 0.3) is 0 Å². The van der Waals surface area contributed by atoms with Crippen molar-refractivity contribution in [3.63, 3.8) is 0 Å². The van der Waals surface area contributed by atoms with Crippen LogP contribution in [0, 0.1) is 5.82 Å². The second-order valence-corrected chi connectivity index (χ2v) is 13.6. The second kappa shape index (κ2) is 8.13. The molecule has 0 amide bonds. The maximum atomic E-state index is 16.1. The summed E-state index contributed by atoms with van der Waals surface area (Å²) in [7, 11) is -3.71. The summed E-state index contributed by atoms with van der Waals surface area (Å²) in [5.74, 6) is -0.452. The molecular weight excluding hydrogens is 522 g/mol. The van der Waals surface area contributed by atoms with Crippen molar-refractivity contribution >= 4 is 87.7 Å². The molecular formula is C38H22FOP. The van der Waals surface area contributed by atoms with Gasteiger partial charge in [0.05, 0.1) is 5.30 Å². The zero-order chi connectivity index (χ0) is 27.3. The zero-order valence-corrected chi connectivity index (χ0v) is 22.8. The fraction of sp³-hybridized carbons (Fsp3) is 0. The fourth-order valence-corrected chi connectivity index (χ4v) is 10.2. The van der Waals surface area contributed by atoms with E-state index in [9.17, 15) is 0 Å². The third kappa shape index (κ3) is 2.98. The molecule has 0 saturated carbocycles. The molecule has 0 radical (unpaired) electrons. The molecule has 41 heavy (non-hydrogen) atoms. The summed E-state index contributed by atoms with van der Waals surface area (Å²) in [4.78, 5) is 0. The van der Waals surface area contributed by atoms with Crippen molar-refractivity contribution in [1.82, 2.24) is 0 Å². The standard InChI is InChI=1S/C38H22FOP/c39-31-9-1-2-10-34(31)41(40,32-21-17-27-13-11-23-5-3-7-25-15-19-29(32)37(27)35(23)25)33-22-18-28-14-12-24-6-4-8-26-16-20-30(33)38(28)36(24)26/h1-22H. The Labute approximate surface area is 235 Å². The van der Waals surface area contributed by atoms with Gasteiger partial charge in [-0.25, -0.2) is 4.39 Å². The Morgan fingerprint density at radius 1 is 0.366 bits per heavy atom. The van der Waals surface area contributed by atoms with Gasteiger partial charge in [-0.1, -0.05) is 109 Å². The number of rotatable bonds is 3. The molecule has 9 rings (SSSR count). The summed E-state index contributed by atoms with van der Waals surface area (Å²) in [5.41, 5.74) is 0. The molecule has 0 bridgehead atoms. The average molecular weight is 545 g/mol. The molecule has 0 aliphatic rings. The summed E-state index contributed by atoms with van der Waals surface area (Å²) < 4.78 is 32.0. The summed E-state index contributed by atoms with van der Waals surface area (Å²) in [6.07, 6.45) is 0. The van der Waals surface area contributed by atoms with Crippen molar-refractivity contribution in [1.29, 1.82) is 0 Å². The lowest BCUT2D eigenvalue weighted by Gasteiger charge is -2.25. The van der Waals surface area contributed by atoms with Gasteiger partial charge in [0.2, 0.25) is 0 Å². The summed E-state index contributed by atoms with van der Waals surface area (Å²) >= 11 is 0. The smallest absolute Gasteiger partial charge is 0.175 e. The number of benzene rings is 9. The molecule has 192 valence electrons. The van der Waals surface area contributed by atoms with Crippen LogP contribution in [0.25, 0.3) is 64.6 Å². The Hall–Kier alpha value is -4.78. The average Bonchev–Trinajstić information content (AvgIpc) is 3.02. The normalized spacial score (nSPS) is 12.6. The van der Waals surface area contributed by atoms with Gasteiger partial charge in [-0.2, -0.15) is 0 Å².